The number of piperazine rings is 3. The number of aromatic hydroxyl groups is 1. The molecule has 3 aliphatic rings. The minimum absolute atomic E-state index is 0. The number of hydrogen-bond acceptors (Lipinski definition) is 17. The van der Waals surface area contributed by atoms with E-state index in [4.69, 9.17) is 37.5 Å². The Morgan fingerprint density at radius 3 is 1.18 bits per heavy atom. The summed E-state index contributed by atoms with van der Waals surface area (Å²) in [7, 11) is -1.00. The molecule has 3 saturated heterocycles. The number of nitrogens with one attached hydrogen (secondary N) is 1. The zero-order chi connectivity index (χ0) is 86.8. The van der Waals surface area contributed by atoms with Crippen LogP contribution in [0.3, 0.4) is 0 Å². The molecule has 3 fully saturated rings. The molecule has 119 heavy (non-hydrogen) atoms. The van der Waals surface area contributed by atoms with E-state index in [0.717, 1.165) is 50.1 Å². The van der Waals surface area contributed by atoms with Crippen molar-refractivity contribution in [3.8, 4) is 50.6 Å². The molecule has 5 amide bonds. The average Bonchev–Trinajstić information content (AvgIpc) is 0.799. The molecule has 0 spiro atoms. The maximum Gasteiger partial charge on any atom is 1.00 e. The van der Waals surface area contributed by atoms with Crippen molar-refractivity contribution in [2.75, 3.05) is 63.6 Å². The molecule has 6 heterocycles. The molecule has 0 saturated carbocycles. The number of nitrogen functional groups attached to an aromatic ring is 3. The Morgan fingerprint density at radius 2 is 0.832 bits per heavy atom. The maximum absolute atomic E-state index is 13.6. The van der Waals surface area contributed by atoms with Gasteiger partial charge in [0, 0.05) is 108 Å². The van der Waals surface area contributed by atoms with Gasteiger partial charge in [-0.1, -0.05) is 149 Å². The van der Waals surface area contributed by atoms with E-state index in [1.807, 2.05) is 191 Å². The van der Waals surface area contributed by atoms with Gasteiger partial charge in [0.2, 0.25) is 0 Å². The first-order chi connectivity index (χ1) is 55.6. The Morgan fingerprint density at radius 1 is 0.496 bits per heavy atom. The summed E-state index contributed by atoms with van der Waals surface area (Å²) in [5.74, 6) is 1.65. The number of aryl methyl sites for hydroxylation is 4. The summed E-state index contributed by atoms with van der Waals surface area (Å²) < 4.78 is 39.0. The summed E-state index contributed by atoms with van der Waals surface area (Å²) in [4.78, 5) is 87.0. The van der Waals surface area contributed by atoms with Crippen LogP contribution in [0, 0.1) is 27.7 Å². The number of aromatic nitrogens is 3. The molecule has 0 bridgehead atoms. The first-order valence-corrected chi connectivity index (χ1v) is 40.5. The van der Waals surface area contributed by atoms with E-state index in [-0.39, 0.29) is 116 Å². The molecule has 25 heteroatoms. The van der Waals surface area contributed by atoms with Gasteiger partial charge in [-0.15, -0.1) is 0 Å². The normalized spacial score (nSPS) is 17.9. The maximum atomic E-state index is 13.6. The average molecular weight is 1700 g/mol. The Balaban J connectivity index is 0.000000298. The van der Waals surface area contributed by atoms with Gasteiger partial charge in [-0.2, -0.15) is 0 Å². The number of rotatable bonds is 13. The van der Waals surface area contributed by atoms with Gasteiger partial charge < -0.3 is 62.7 Å². The monoisotopic (exact) mass is 1700 g/mol. The summed E-state index contributed by atoms with van der Waals surface area (Å²) >= 11 is 3.52. The van der Waals surface area contributed by atoms with Gasteiger partial charge in [-0.25, -0.2) is 24.5 Å². The Labute approximate surface area is 737 Å². The van der Waals surface area contributed by atoms with E-state index in [1.165, 1.54) is 16.7 Å². The molecular weight excluding hydrogens is 1580 g/mol. The Kier molecular flexibility index (Phi) is 35.3. The van der Waals surface area contributed by atoms with Crippen molar-refractivity contribution >= 4 is 63.3 Å². The van der Waals surface area contributed by atoms with Crippen molar-refractivity contribution in [2.45, 2.75) is 203 Å². The molecule has 8 N–H and O–H groups in total. The summed E-state index contributed by atoms with van der Waals surface area (Å²) in [6.07, 6.45) is 3.96. The fourth-order valence-electron chi connectivity index (χ4n) is 14.4. The summed E-state index contributed by atoms with van der Waals surface area (Å²) in [5.41, 5.74) is 31.7. The molecular formula is C94H123BrFN12NaO10. The molecule has 0 aliphatic carbocycles. The molecule has 3 unspecified atom stereocenters. The van der Waals surface area contributed by atoms with Gasteiger partial charge >= 0.3 is 41.7 Å². The smallest absolute Gasteiger partial charge is 1.00 e. The van der Waals surface area contributed by atoms with E-state index in [0.29, 0.717) is 102 Å². The molecule has 634 valence electrons. The van der Waals surface area contributed by atoms with Gasteiger partial charge in [-0.05, 0) is 219 Å². The van der Waals surface area contributed by atoms with Crippen molar-refractivity contribution in [1.82, 2.24) is 44.8 Å². The first-order valence-electron chi connectivity index (χ1n) is 40.3. The number of nitrogens with two attached hydrogens (primary N) is 3. The number of amides is 5. The van der Waals surface area contributed by atoms with Crippen LogP contribution in [0.4, 0.5) is 31.4 Å². The second kappa shape index (κ2) is 43.7. The van der Waals surface area contributed by atoms with Gasteiger partial charge in [0.15, 0.2) is 34.7 Å². The van der Waals surface area contributed by atoms with Crippen molar-refractivity contribution in [1.29, 1.82) is 0 Å². The van der Waals surface area contributed by atoms with Crippen LogP contribution in [-0.2, 0) is 9.47 Å². The van der Waals surface area contributed by atoms with Crippen molar-refractivity contribution in [2.24, 2.45) is 0 Å². The minimum atomic E-state index is -1.00. The van der Waals surface area contributed by atoms with Crippen LogP contribution in [0.2, 0.25) is 0 Å². The fraction of sp³-hybridized carbons (Fsp3) is 0.404. The zero-order valence-corrected chi connectivity index (χ0v) is 75.7. The third kappa shape index (κ3) is 27.5. The molecule has 3 aliphatic heterocycles. The van der Waals surface area contributed by atoms with Gasteiger partial charge in [0.25, 0.3) is 17.7 Å². The quantitative estimate of drug-likeness (QED) is 0.0529. The number of anilines is 3. The predicted octanol–water partition coefficient (Wildman–Crippen LogP) is 16.5. The van der Waals surface area contributed by atoms with Crippen LogP contribution in [0.15, 0.2) is 176 Å². The second-order valence-electron chi connectivity index (χ2n) is 32.7. The molecule has 12 rings (SSSR count). The van der Waals surface area contributed by atoms with E-state index in [9.17, 15) is 33.5 Å². The second-order valence-corrected chi connectivity index (χ2v) is 34.1. The number of hydrogen-bond donors (Lipinski definition) is 5. The third-order valence-electron chi connectivity index (χ3n) is 20.0. The summed E-state index contributed by atoms with van der Waals surface area (Å²) in [6.45, 7) is 40.5. The molecule has 0 radical (unpaired) electrons. The van der Waals surface area contributed by atoms with Crippen LogP contribution < -0.4 is 61.5 Å². The number of nitrogens with zero attached hydrogens (tertiary/aromatic N) is 8. The topological polar surface area (TPSA) is 287 Å². The summed E-state index contributed by atoms with van der Waals surface area (Å²) in [5, 5.41) is 13.2. The molecule has 9 atom stereocenters. The van der Waals surface area contributed by atoms with Gasteiger partial charge in [0.05, 0.1) is 32.7 Å². The predicted molar refractivity (Wildman–Crippen MR) is 476 cm³/mol. The van der Waals surface area contributed by atoms with E-state index >= 15 is 0 Å². The largest absolute Gasteiger partial charge is 1.00 e. The first kappa shape index (κ1) is 96.0. The number of pyridine rings is 3. The fourth-order valence-corrected chi connectivity index (χ4v) is 14.6. The molecule has 3 aromatic heterocycles. The van der Waals surface area contributed by atoms with E-state index in [1.54, 1.807) is 51.5 Å². The molecule has 22 nitrogen and oxygen atoms in total. The Bertz CT molecular complexity index is 4890. The third-order valence-corrected chi connectivity index (χ3v) is 20.5. The van der Waals surface area contributed by atoms with Crippen molar-refractivity contribution < 1.29 is 84.8 Å². The van der Waals surface area contributed by atoms with Gasteiger partial charge in [0.1, 0.15) is 23.4 Å². The van der Waals surface area contributed by atoms with Crippen LogP contribution in [0.25, 0.3) is 33.4 Å². The van der Waals surface area contributed by atoms with Crippen LogP contribution in [0.1, 0.15) is 201 Å². The van der Waals surface area contributed by atoms with Crippen molar-refractivity contribution in [3.63, 3.8) is 0 Å². The van der Waals surface area contributed by atoms with E-state index < -0.39 is 18.4 Å². The van der Waals surface area contributed by atoms with E-state index in [2.05, 4.69) is 126 Å². The molecule has 6 aromatic carbocycles. The number of carbonyl (C=O) groups is 5. The van der Waals surface area contributed by atoms with Crippen LogP contribution >= 0.6 is 15.9 Å². The minimum Gasteiger partial charge on any atom is -1.00 e. The molecule has 9 aromatic rings. The number of benzene rings is 6. The SMILES string of the molecule is C.C[C@@H]1CN(C(=O)c2ccc(-c3cnc(N)c(O)c3)cc2)C[C@H](C)N1C(=O)OC(C)(C)C.Cc1cccc(C(C)Br)c1.Cc1cccc(C(C)Oc2cc(-c3ccc(C(=O)N4C[C@@H](C)N(C(=O)OC(C)(C)C)[C@@H](C)C4)c(C)c3)cnc2N)c1.Cc1cccc(C(C)Oc2cc(-c3ccc(C(=O)N4C[C@@H](C)N[C@@H](C)C4)cc3)cnc2N)c1.[2H]CF.[H-].[Na+]. The van der Waals surface area contributed by atoms with Crippen LogP contribution in [0.5, 0.6) is 17.2 Å². The number of ether oxygens (including phenoxy) is 4. The number of halogens is 2. The van der Waals surface area contributed by atoms with Crippen molar-refractivity contribution in [3.05, 3.63) is 232 Å². The summed E-state index contributed by atoms with van der Waals surface area (Å²) in [6, 6.07) is 50.7. The van der Waals surface area contributed by atoms with Gasteiger partial charge in [-0.3, -0.25) is 28.6 Å². The number of carbonyl (C=O) groups excluding carboxylic acids is 5. The standard InChI is InChI=1S/C33H42N4O4.C27H32N4O2.C23H30N4O4.C9H11Br.CH3F.CH4.Na.H/c1-20-10-9-11-25(14-20)24(5)40-29-16-27(17-35-30(29)34)26-12-13-28(21(2)15-26)31(38)36-18-22(3)37(23(4)19-36)32(39)41-33(6,7)8;1-17-6-5-7-23(12-17)20(4)33-25-13-24(14-29-26(25)28)21-8-10-22(11-9-21)27(32)31-15-18(2)30-19(3)16-31;1-14-12-26(13-15(2)27(14)22(30)31-23(3,4)5)21(29)17-8-6-16(7-9-17)18-10-19(28)20(24)25-11-18;1-7-4-3-5-9(6-7)8(2)10;1-2;;;/h9-17,22-24H,18-19H2,1-8H3,(H2,34,35);5-14,18-20,30H,15-16H2,1-4H3,(H2,28,29);6-11,14-15,28H,12-13H2,1-5H3,(H2,24,25);3-6,8H,1-2H3;1H3;1H4;;/q;;;;;;+1;-1/t22-,23+,24?;18-,19+,20?;14-,15+;;;;;/i;;;;1D;;;. The Hall–Kier alpha value is -10.1. The van der Waals surface area contributed by atoms with Crippen LogP contribution in [-0.4, -0.2) is 168 Å². The number of alkyl halides is 2. The zero-order valence-electron chi connectivity index (χ0n) is 74.1.